The molecular weight excluding hydrogens is 315 g/mol. The highest BCUT2D eigenvalue weighted by Gasteiger charge is 2.09. The van der Waals surface area contributed by atoms with Crippen molar-refractivity contribution in [1.82, 2.24) is 9.97 Å². The summed E-state index contributed by atoms with van der Waals surface area (Å²) < 4.78 is 0. The van der Waals surface area contributed by atoms with Crippen molar-refractivity contribution in [1.29, 1.82) is 0 Å². The maximum Gasteiger partial charge on any atom is 0.134 e. The van der Waals surface area contributed by atoms with Gasteiger partial charge in [0.25, 0.3) is 0 Å². The van der Waals surface area contributed by atoms with Crippen molar-refractivity contribution in [3.8, 4) is 0 Å². The molecule has 5 heteroatoms. The first-order valence-corrected chi connectivity index (χ1v) is 7.53. The monoisotopic (exact) mass is 328 g/mol. The predicted octanol–water partition coefficient (Wildman–Crippen LogP) is 5.23. The first-order valence-electron chi connectivity index (χ1n) is 6.40. The largest absolute Gasteiger partial charge is 0.237 e. The molecule has 0 saturated heterocycles. The molecule has 2 nitrogen and oxygen atoms in total. The Morgan fingerprint density at radius 1 is 1.05 bits per heavy atom. The molecule has 0 aliphatic heterocycles. The molecule has 0 aliphatic rings. The van der Waals surface area contributed by atoms with Crippen LogP contribution in [0.5, 0.6) is 0 Å². The molecule has 1 heterocycles. The number of rotatable bonds is 4. The molecule has 0 atom stereocenters. The normalized spacial score (nSPS) is 11.1. The third kappa shape index (κ3) is 4.34. The molecule has 0 radical (unpaired) electrons. The van der Waals surface area contributed by atoms with Gasteiger partial charge in [-0.1, -0.05) is 54.7 Å². The smallest absolute Gasteiger partial charge is 0.134 e. The summed E-state index contributed by atoms with van der Waals surface area (Å²) >= 11 is 18.1. The van der Waals surface area contributed by atoms with Gasteiger partial charge in [0.15, 0.2) is 0 Å². The van der Waals surface area contributed by atoms with E-state index in [4.69, 9.17) is 34.8 Å². The zero-order valence-electron chi connectivity index (χ0n) is 11.3. The molecular formula is C15H15Cl3N2. The minimum absolute atomic E-state index is 0.468. The molecule has 1 aromatic carbocycles. The Morgan fingerprint density at radius 2 is 1.80 bits per heavy atom. The zero-order chi connectivity index (χ0) is 14.7. The number of nitrogens with zero attached hydrogens (tertiary/aromatic N) is 2. The Morgan fingerprint density at radius 3 is 2.45 bits per heavy atom. The predicted molar refractivity (Wildman–Crippen MR) is 84.9 cm³/mol. The van der Waals surface area contributed by atoms with Crippen molar-refractivity contribution in [2.24, 2.45) is 5.92 Å². The van der Waals surface area contributed by atoms with Crippen molar-refractivity contribution in [2.75, 3.05) is 0 Å². The minimum atomic E-state index is 0.468. The lowest BCUT2D eigenvalue weighted by Crippen LogP contribution is -2.04. The van der Waals surface area contributed by atoms with E-state index in [9.17, 15) is 0 Å². The first kappa shape index (κ1) is 15.6. The molecule has 0 unspecified atom stereocenters. The second kappa shape index (κ2) is 6.75. The van der Waals surface area contributed by atoms with Crippen LogP contribution in [0.25, 0.3) is 0 Å². The fourth-order valence-electron chi connectivity index (χ4n) is 1.95. The van der Waals surface area contributed by atoms with E-state index in [1.807, 2.05) is 18.2 Å². The van der Waals surface area contributed by atoms with E-state index in [0.29, 0.717) is 33.4 Å². The van der Waals surface area contributed by atoms with Gasteiger partial charge in [-0.25, -0.2) is 9.97 Å². The lowest BCUT2D eigenvalue weighted by molar-refractivity contribution is 0.631. The van der Waals surface area contributed by atoms with Gasteiger partial charge in [-0.05, 0) is 36.1 Å². The van der Waals surface area contributed by atoms with Crippen LogP contribution < -0.4 is 0 Å². The maximum atomic E-state index is 6.17. The Hall–Kier alpha value is -0.830. The van der Waals surface area contributed by atoms with Gasteiger partial charge in [0, 0.05) is 22.2 Å². The number of halogens is 3. The summed E-state index contributed by atoms with van der Waals surface area (Å²) in [6, 6.07) is 7.23. The minimum Gasteiger partial charge on any atom is -0.237 e. The molecule has 0 amide bonds. The first-order chi connectivity index (χ1) is 9.44. The van der Waals surface area contributed by atoms with Crippen LogP contribution in [0.2, 0.25) is 15.2 Å². The van der Waals surface area contributed by atoms with E-state index in [2.05, 4.69) is 23.8 Å². The Balaban J connectivity index is 2.26. The van der Waals surface area contributed by atoms with E-state index in [1.54, 1.807) is 6.07 Å². The number of aromatic nitrogens is 2. The number of hydrogen-bond acceptors (Lipinski definition) is 2. The van der Waals surface area contributed by atoms with Crippen molar-refractivity contribution < 1.29 is 0 Å². The molecule has 20 heavy (non-hydrogen) atoms. The standard InChI is InChI=1S/C15H15Cl3N2/c1-9(2)5-12-8-14(18)20-15(19-12)6-10-3-4-11(16)7-13(10)17/h3-4,7-9H,5-6H2,1-2H3. The Bertz CT molecular complexity index is 612. The van der Waals surface area contributed by atoms with Gasteiger partial charge >= 0.3 is 0 Å². The molecule has 0 saturated carbocycles. The van der Waals surface area contributed by atoms with Crippen molar-refractivity contribution in [2.45, 2.75) is 26.7 Å². The van der Waals surface area contributed by atoms with Crippen LogP contribution in [0.1, 0.15) is 30.9 Å². The third-order valence-corrected chi connectivity index (χ3v) is 3.56. The van der Waals surface area contributed by atoms with Crippen molar-refractivity contribution in [3.05, 3.63) is 56.5 Å². The molecule has 0 fully saturated rings. The van der Waals surface area contributed by atoms with E-state index in [1.165, 1.54) is 0 Å². The van der Waals surface area contributed by atoms with Crippen LogP contribution in [0, 0.1) is 5.92 Å². The summed E-state index contributed by atoms with van der Waals surface area (Å²) in [5, 5.41) is 1.70. The molecule has 106 valence electrons. The summed E-state index contributed by atoms with van der Waals surface area (Å²) in [5.41, 5.74) is 1.90. The van der Waals surface area contributed by atoms with E-state index < -0.39 is 0 Å². The fraction of sp³-hybridized carbons (Fsp3) is 0.333. The SMILES string of the molecule is CC(C)Cc1cc(Cl)nc(Cc2ccc(Cl)cc2Cl)n1. The van der Waals surface area contributed by atoms with Crippen LogP contribution in [-0.4, -0.2) is 9.97 Å². The maximum absolute atomic E-state index is 6.17. The summed E-state index contributed by atoms with van der Waals surface area (Å²) in [4.78, 5) is 8.81. The second-order valence-corrected chi connectivity index (χ2v) is 6.34. The summed E-state index contributed by atoms with van der Waals surface area (Å²) in [6.45, 7) is 4.29. The van der Waals surface area contributed by atoms with Crippen LogP contribution in [0.3, 0.4) is 0 Å². The van der Waals surface area contributed by atoms with Crippen LogP contribution in [0.4, 0.5) is 0 Å². The van der Waals surface area contributed by atoms with Gasteiger partial charge < -0.3 is 0 Å². The molecule has 0 N–H and O–H groups in total. The Kier molecular flexibility index (Phi) is 5.25. The van der Waals surface area contributed by atoms with E-state index in [0.717, 1.165) is 17.7 Å². The highest BCUT2D eigenvalue weighted by molar-refractivity contribution is 6.35. The second-order valence-electron chi connectivity index (χ2n) is 5.11. The quantitative estimate of drug-likeness (QED) is 0.718. The van der Waals surface area contributed by atoms with Crippen LogP contribution in [0.15, 0.2) is 24.3 Å². The summed E-state index contributed by atoms with van der Waals surface area (Å²) in [5.74, 6) is 1.20. The highest BCUT2D eigenvalue weighted by Crippen LogP contribution is 2.23. The van der Waals surface area contributed by atoms with Gasteiger partial charge in [0.05, 0.1) is 0 Å². The molecule has 2 rings (SSSR count). The molecule has 0 spiro atoms. The van der Waals surface area contributed by atoms with Gasteiger partial charge in [0.2, 0.25) is 0 Å². The Labute approximate surface area is 134 Å². The topological polar surface area (TPSA) is 25.8 Å². The lowest BCUT2D eigenvalue weighted by Gasteiger charge is -2.08. The van der Waals surface area contributed by atoms with Crippen molar-refractivity contribution >= 4 is 34.8 Å². The molecule has 1 aromatic heterocycles. The van der Waals surface area contributed by atoms with Gasteiger partial charge in [-0.2, -0.15) is 0 Å². The van der Waals surface area contributed by atoms with E-state index in [-0.39, 0.29) is 0 Å². The lowest BCUT2D eigenvalue weighted by atomic mass is 10.1. The molecule has 0 aliphatic carbocycles. The summed E-state index contributed by atoms with van der Waals surface area (Å²) in [7, 11) is 0. The van der Waals surface area contributed by atoms with Gasteiger partial charge in [0.1, 0.15) is 11.0 Å². The van der Waals surface area contributed by atoms with Crippen molar-refractivity contribution in [3.63, 3.8) is 0 Å². The highest BCUT2D eigenvalue weighted by atomic mass is 35.5. The van der Waals surface area contributed by atoms with Crippen LogP contribution in [-0.2, 0) is 12.8 Å². The number of hydrogen-bond donors (Lipinski definition) is 0. The van der Waals surface area contributed by atoms with Gasteiger partial charge in [-0.15, -0.1) is 0 Å². The molecule has 2 aromatic rings. The zero-order valence-corrected chi connectivity index (χ0v) is 13.6. The number of benzene rings is 1. The van der Waals surface area contributed by atoms with Gasteiger partial charge in [-0.3, -0.25) is 0 Å². The molecule has 0 bridgehead atoms. The van der Waals surface area contributed by atoms with Crippen LogP contribution >= 0.6 is 34.8 Å². The average molecular weight is 330 g/mol. The third-order valence-electron chi connectivity index (χ3n) is 2.78. The van der Waals surface area contributed by atoms with E-state index >= 15 is 0 Å². The fourth-order valence-corrected chi connectivity index (χ4v) is 2.65. The summed E-state index contributed by atoms with van der Waals surface area (Å²) in [6.07, 6.45) is 1.42. The average Bonchev–Trinajstić information content (AvgIpc) is 2.31.